The van der Waals surface area contributed by atoms with E-state index in [1.165, 1.54) is 12.8 Å². The van der Waals surface area contributed by atoms with Gasteiger partial charge in [0.25, 0.3) is 0 Å². The van der Waals surface area contributed by atoms with Crippen molar-refractivity contribution in [2.75, 3.05) is 13.1 Å². The first-order valence-corrected chi connectivity index (χ1v) is 6.43. The lowest BCUT2D eigenvalue weighted by molar-refractivity contribution is 0.183. The van der Waals surface area contributed by atoms with E-state index in [1.54, 1.807) is 6.07 Å². The third kappa shape index (κ3) is 2.99. The first-order chi connectivity index (χ1) is 8.20. The summed E-state index contributed by atoms with van der Waals surface area (Å²) in [7, 11) is 0. The third-order valence-corrected chi connectivity index (χ3v) is 3.73. The fourth-order valence-electron chi connectivity index (χ4n) is 2.44. The highest BCUT2D eigenvalue weighted by atomic mass is 16.3. The number of benzene rings is 1. The average molecular weight is 234 g/mol. The molecular weight excluding hydrogens is 212 g/mol. The van der Waals surface area contributed by atoms with Gasteiger partial charge in [-0.1, -0.05) is 19.1 Å². The van der Waals surface area contributed by atoms with Crippen molar-refractivity contribution in [2.45, 2.75) is 32.9 Å². The fourth-order valence-corrected chi connectivity index (χ4v) is 2.44. The van der Waals surface area contributed by atoms with Gasteiger partial charge in [-0.05, 0) is 43.5 Å². The van der Waals surface area contributed by atoms with E-state index in [0.29, 0.717) is 12.3 Å². The molecular formula is C14H22N2O. The molecule has 0 atom stereocenters. The number of likely N-dealkylation sites (tertiary alicyclic amines) is 1. The molecule has 1 aromatic rings. The smallest absolute Gasteiger partial charge is 0.120 e. The molecule has 1 aliphatic heterocycles. The summed E-state index contributed by atoms with van der Waals surface area (Å²) in [6, 6.07) is 5.61. The van der Waals surface area contributed by atoms with E-state index in [2.05, 4.69) is 11.8 Å². The van der Waals surface area contributed by atoms with Gasteiger partial charge in [0.1, 0.15) is 5.75 Å². The molecule has 0 bridgehead atoms. The van der Waals surface area contributed by atoms with Crippen LogP contribution in [0, 0.1) is 5.92 Å². The molecule has 0 amide bonds. The van der Waals surface area contributed by atoms with Crippen molar-refractivity contribution in [2.24, 2.45) is 11.7 Å². The summed E-state index contributed by atoms with van der Waals surface area (Å²) in [5, 5.41) is 9.92. The molecule has 0 unspecified atom stereocenters. The summed E-state index contributed by atoms with van der Waals surface area (Å²) >= 11 is 0. The summed E-state index contributed by atoms with van der Waals surface area (Å²) in [6.45, 7) is 5.88. The Balaban J connectivity index is 2.07. The lowest BCUT2D eigenvalue weighted by Gasteiger charge is -2.30. The van der Waals surface area contributed by atoms with Crippen molar-refractivity contribution in [3.63, 3.8) is 0 Å². The van der Waals surface area contributed by atoms with Gasteiger partial charge in [-0.3, -0.25) is 4.90 Å². The summed E-state index contributed by atoms with van der Waals surface area (Å²) in [4.78, 5) is 2.41. The van der Waals surface area contributed by atoms with Crippen LogP contribution in [-0.4, -0.2) is 23.1 Å². The van der Waals surface area contributed by atoms with Gasteiger partial charge in [-0.25, -0.2) is 0 Å². The Hall–Kier alpha value is -1.06. The predicted molar refractivity (Wildman–Crippen MR) is 69.7 cm³/mol. The molecule has 17 heavy (non-hydrogen) atoms. The van der Waals surface area contributed by atoms with E-state index in [1.807, 2.05) is 12.1 Å². The second kappa shape index (κ2) is 5.52. The number of nitrogens with two attached hydrogens (primary N) is 1. The summed E-state index contributed by atoms with van der Waals surface area (Å²) in [5.74, 6) is 1.22. The minimum Gasteiger partial charge on any atom is -0.508 e. The highest BCUT2D eigenvalue weighted by Crippen LogP contribution is 2.25. The van der Waals surface area contributed by atoms with E-state index in [0.717, 1.165) is 36.7 Å². The van der Waals surface area contributed by atoms with Crippen LogP contribution >= 0.6 is 0 Å². The van der Waals surface area contributed by atoms with Crippen LogP contribution in [0.4, 0.5) is 0 Å². The van der Waals surface area contributed by atoms with Crippen LogP contribution in [-0.2, 0) is 13.1 Å². The highest BCUT2D eigenvalue weighted by molar-refractivity contribution is 5.39. The van der Waals surface area contributed by atoms with Crippen molar-refractivity contribution >= 4 is 0 Å². The third-order valence-electron chi connectivity index (χ3n) is 3.73. The zero-order valence-electron chi connectivity index (χ0n) is 10.5. The van der Waals surface area contributed by atoms with Gasteiger partial charge in [-0.2, -0.15) is 0 Å². The molecule has 1 aliphatic rings. The van der Waals surface area contributed by atoms with E-state index in [4.69, 9.17) is 5.73 Å². The van der Waals surface area contributed by atoms with Crippen LogP contribution < -0.4 is 5.73 Å². The van der Waals surface area contributed by atoms with E-state index >= 15 is 0 Å². The maximum atomic E-state index is 9.92. The molecule has 94 valence electrons. The molecule has 0 spiro atoms. The molecule has 0 radical (unpaired) electrons. The van der Waals surface area contributed by atoms with Crippen molar-refractivity contribution in [1.29, 1.82) is 0 Å². The molecule has 3 heteroatoms. The molecule has 0 saturated carbocycles. The van der Waals surface area contributed by atoms with Crippen LogP contribution in [0.2, 0.25) is 0 Å². The lowest BCUT2D eigenvalue weighted by Crippen LogP contribution is -2.32. The SMILES string of the molecule is CC1CCN(Cc2c(O)cccc2CN)CC1. The van der Waals surface area contributed by atoms with Gasteiger partial charge >= 0.3 is 0 Å². The number of piperidine rings is 1. The Bertz CT molecular complexity index is 370. The zero-order chi connectivity index (χ0) is 12.3. The molecule has 0 aliphatic carbocycles. The van der Waals surface area contributed by atoms with Crippen LogP contribution in [0.25, 0.3) is 0 Å². The second-order valence-corrected chi connectivity index (χ2v) is 5.08. The Morgan fingerprint density at radius 3 is 2.71 bits per heavy atom. The number of aromatic hydroxyl groups is 1. The number of phenolic OH excluding ortho intramolecular Hbond substituents is 1. The van der Waals surface area contributed by atoms with Crippen molar-refractivity contribution < 1.29 is 5.11 Å². The van der Waals surface area contributed by atoms with E-state index in [9.17, 15) is 5.11 Å². The van der Waals surface area contributed by atoms with Gasteiger partial charge in [0.2, 0.25) is 0 Å². The van der Waals surface area contributed by atoms with Gasteiger partial charge in [0.15, 0.2) is 0 Å². The Kier molecular flexibility index (Phi) is 4.02. The van der Waals surface area contributed by atoms with Gasteiger partial charge in [0.05, 0.1) is 0 Å². The first kappa shape index (κ1) is 12.4. The standard InChI is InChI=1S/C14H22N2O/c1-11-5-7-16(8-6-11)10-13-12(9-15)3-2-4-14(13)17/h2-4,11,17H,5-10,15H2,1H3. The average Bonchev–Trinajstić information content (AvgIpc) is 2.34. The highest BCUT2D eigenvalue weighted by Gasteiger charge is 2.18. The van der Waals surface area contributed by atoms with E-state index < -0.39 is 0 Å². The Morgan fingerprint density at radius 2 is 2.06 bits per heavy atom. The lowest BCUT2D eigenvalue weighted by atomic mass is 9.98. The number of nitrogens with zero attached hydrogens (tertiary/aromatic N) is 1. The van der Waals surface area contributed by atoms with Crippen molar-refractivity contribution in [1.82, 2.24) is 4.90 Å². The minimum absolute atomic E-state index is 0.381. The zero-order valence-corrected chi connectivity index (χ0v) is 10.5. The number of hydrogen-bond acceptors (Lipinski definition) is 3. The van der Waals surface area contributed by atoms with Gasteiger partial charge in [-0.15, -0.1) is 0 Å². The molecule has 1 heterocycles. The van der Waals surface area contributed by atoms with Crippen LogP contribution in [0.5, 0.6) is 5.75 Å². The summed E-state index contributed by atoms with van der Waals surface area (Å²) in [6.07, 6.45) is 2.51. The Labute approximate surface area is 103 Å². The van der Waals surface area contributed by atoms with Crippen molar-refractivity contribution in [3.8, 4) is 5.75 Å². The molecule has 0 aromatic heterocycles. The van der Waals surface area contributed by atoms with E-state index in [-0.39, 0.29) is 0 Å². The molecule has 1 aromatic carbocycles. The fraction of sp³-hybridized carbons (Fsp3) is 0.571. The number of phenols is 1. The monoisotopic (exact) mass is 234 g/mol. The molecule has 3 N–H and O–H groups in total. The first-order valence-electron chi connectivity index (χ1n) is 6.43. The van der Waals surface area contributed by atoms with Crippen molar-refractivity contribution in [3.05, 3.63) is 29.3 Å². The van der Waals surface area contributed by atoms with Gasteiger partial charge < -0.3 is 10.8 Å². The molecule has 2 rings (SSSR count). The Morgan fingerprint density at radius 1 is 1.35 bits per heavy atom. The predicted octanol–water partition coefficient (Wildman–Crippen LogP) is 2.08. The van der Waals surface area contributed by atoms with Crippen LogP contribution in [0.3, 0.4) is 0 Å². The second-order valence-electron chi connectivity index (χ2n) is 5.08. The molecule has 1 saturated heterocycles. The number of rotatable bonds is 3. The minimum atomic E-state index is 0.381. The topological polar surface area (TPSA) is 49.5 Å². The summed E-state index contributed by atoms with van der Waals surface area (Å²) in [5.41, 5.74) is 7.78. The normalized spacial score (nSPS) is 18.5. The quantitative estimate of drug-likeness (QED) is 0.842. The summed E-state index contributed by atoms with van der Waals surface area (Å²) < 4.78 is 0. The van der Waals surface area contributed by atoms with Gasteiger partial charge in [0, 0.05) is 18.7 Å². The number of hydrogen-bond donors (Lipinski definition) is 2. The van der Waals surface area contributed by atoms with Crippen LogP contribution in [0.15, 0.2) is 18.2 Å². The van der Waals surface area contributed by atoms with Crippen LogP contribution in [0.1, 0.15) is 30.9 Å². The maximum absolute atomic E-state index is 9.92. The molecule has 1 fully saturated rings. The largest absolute Gasteiger partial charge is 0.508 e. The molecule has 3 nitrogen and oxygen atoms in total. The maximum Gasteiger partial charge on any atom is 0.120 e.